The summed E-state index contributed by atoms with van der Waals surface area (Å²) in [5, 5.41) is 97.1. The molecule has 0 aliphatic carbocycles. The van der Waals surface area contributed by atoms with Crippen LogP contribution in [0.15, 0.2) is 0 Å². The van der Waals surface area contributed by atoms with Gasteiger partial charge in [-0.3, -0.25) is 19.2 Å². The molecule has 26 nitrogen and oxygen atoms in total. The molecule has 0 saturated carbocycles. The Morgan fingerprint density at radius 3 is 0.919 bits per heavy atom. The number of aliphatic hydroxyl groups is 5. The van der Waals surface area contributed by atoms with E-state index in [0.717, 1.165) is 162 Å². The number of Topliss-reactive ketones (excluding diaryl/α,β-unsaturated/α-hetero) is 1. The average Bonchev–Trinajstić information content (AvgIpc) is 4.37. The summed E-state index contributed by atoms with van der Waals surface area (Å²) < 4.78 is 9.93. The highest BCUT2D eigenvalue weighted by molar-refractivity contribution is 5.81. The number of carbonyl (C=O) groups excluding carboxylic acids is 2. The molecule has 0 radical (unpaired) electrons. The van der Waals surface area contributed by atoms with Gasteiger partial charge in [0.1, 0.15) is 5.78 Å². The number of β-amino-alcohol motifs (C(OH)–C–C–N with tert-alkyl or cyclic N) is 2. The Labute approximate surface area is 516 Å². The van der Waals surface area contributed by atoms with E-state index in [9.17, 15) is 19.2 Å². The van der Waals surface area contributed by atoms with Crippen molar-refractivity contribution in [2.45, 2.75) is 177 Å². The molecule has 0 aromatic heterocycles. The maximum absolute atomic E-state index is 10.6. The van der Waals surface area contributed by atoms with E-state index in [-0.39, 0.29) is 47.8 Å². The van der Waals surface area contributed by atoms with Crippen molar-refractivity contribution in [1.82, 2.24) is 63.8 Å². The van der Waals surface area contributed by atoms with Crippen LogP contribution in [0.5, 0.6) is 0 Å². The number of hydrogen-bond acceptors (Lipinski definition) is 23. The third kappa shape index (κ3) is 45.5. The third-order valence-corrected chi connectivity index (χ3v) is 16.0. The summed E-state index contributed by atoms with van der Waals surface area (Å²) in [6.45, 7) is 22.0. The zero-order valence-corrected chi connectivity index (χ0v) is 53.2. The minimum Gasteiger partial charge on any atom is -0.481 e. The van der Waals surface area contributed by atoms with E-state index in [4.69, 9.17) is 51.0 Å². The van der Waals surface area contributed by atoms with Crippen molar-refractivity contribution in [2.24, 2.45) is 23.5 Å². The lowest BCUT2D eigenvalue weighted by atomic mass is 10.1. The van der Waals surface area contributed by atoms with Crippen LogP contribution in [-0.2, 0) is 28.7 Å². The lowest BCUT2D eigenvalue weighted by Gasteiger charge is -2.05. The molecular formula is C60H125N13O13. The molecule has 508 valence electrons. The van der Waals surface area contributed by atoms with E-state index in [1.165, 1.54) is 77.5 Å². The lowest BCUT2D eigenvalue weighted by Crippen LogP contribution is -2.36. The van der Waals surface area contributed by atoms with Gasteiger partial charge in [0.15, 0.2) is 0 Å². The van der Waals surface area contributed by atoms with Gasteiger partial charge in [-0.1, -0.05) is 0 Å². The molecule has 1 unspecified atom stereocenters. The molecule has 12 fully saturated rings. The number of ether oxygens (including phenoxy) is 2. The standard InChI is InChI=1S/2C6H13NO.C6H11NO.C5H10N2O.2C5H9NO2.3C5H11NO.2C4H9NO.C4H9N/c2*1-8-5-6-3-2-4-7-6;1-5(8)6-3-2-4-7-6;6-5(8)4-2-1-3-7-4;2*7-5(8)4-1-2-6-3-4;7-4-5-1-2-6-3-5;2*7-4-5-2-1-3-6-5;2*6-4-1-2-5-3-4;1-2-4-5-3-1/h2*6-7H,2-5H2,1H3;6-7H,2-4H2,1H3;4,7H,1-3H2,(H2,6,8);2*4,6H,1-3H2,(H,7,8);3*5-7H,1-4H2;2*4-6H,1-3H2;5H,1-4H2/t3*6-;3*4-;;2*5-;2*4-;/m100110.1010./s1. The molecule has 12 heterocycles. The molecule has 12 rings (SSSR count). The zero-order valence-electron chi connectivity index (χ0n) is 53.2. The van der Waals surface area contributed by atoms with E-state index in [2.05, 4.69) is 63.8 Å². The number of nitrogens with two attached hydrogens (primary N) is 1. The molecule has 21 N–H and O–H groups in total. The number of rotatable bonds is 11. The molecular weight excluding hydrogens is 1110 g/mol. The van der Waals surface area contributed by atoms with Gasteiger partial charge in [-0.15, -0.1) is 0 Å². The average molecular weight is 1240 g/mol. The second kappa shape index (κ2) is 56.3. The molecule has 12 aliphatic heterocycles. The fourth-order valence-electron chi connectivity index (χ4n) is 10.5. The van der Waals surface area contributed by atoms with Gasteiger partial charge in [-0.2, -0.15) is 0 Å². The Bertz CT molecular complexity index is 1380. The van der Waals surface area contributed by atoms with Gasteiger partial charge < -0.3 is 115 Å². The first-order valence-electron chi connectivity index (χ1n) is 32.7. The minimum absolute atomic E-state index is 0.0463. The van der Waals surface area contributed by atoms with Crippen LogP contribution in [0.4, 0.5) is 0 Å². The Balaban J connectivity index is 0.000000470. The van der Waals surface area contributed by atoms with Gasteiger partial charge in [0.25, 0.3) is 0 Å². The molecule has 12 saturated heterocycles. The third-order valence-electron chi connectivity index (χ3n) is 16.0. The van der Waals surface area contributed by atoms with Crippen molar-refractivity contribution in [1.29, 1.82) is 0 Å². The summed E-state index contributed by atoms with van der Waals surface area (Å²) in [7, 11) is 3.50. The Kier molecular flexibility index (Phi) is 53.3. The van der Waals surface area contributed by atoms with Gasteiger partial charge in [-0.25, -0.2) is 0 Å². The van der Waals surface area contributed by atoms with E-state index >= 15 is 0 Å². The molecule has 0 bridgehead atoms. The molecule has 0 aromatic carbocycles. The number of ketones is 1. The second-order valence-corrected chi connectivity index (χ2v) is 23.6. The molecule has 1 amide bonds. The normalized spacial score (nSPS) is 29.7. The van der Waals surface area contributed by atoms with Gasteiger partial charge >= 0.3 is 11.9 Å². The first kappa shape index (κ1) is 81.3. The number of hydrogen-bond donors (Lipinski definition) is 20. The van der Waals surface area contributed by atoms with Crippen molar-refractivity contribution in [2.75, 3.05) is 165 Å². The highest BCUT2D eigenvalue weighted by atomic mass is 16.5. The molecule has 12 aliphatic rings. The summed E-state index contributed by atoms with van der Waals surface area (Å²) in [5.74, 6) is -1.000. The van der Waals surface area contributed by atoms with Gasteiger partial charge in [0.05, 0.1) is 62.6 Å². The highest BCUT2D eigenvalue weighted by Crippen LogP contribution is 2.09. The molecule has 0 spiro atoms. The van der Waals surface area contributed by atoms with E-state index in [1.54, 1.807) is 21.1 Å². The van der Waals surface area contributed by atoms with Crippen LogP contribution in [0.2, 0.25) is 0 Å². The Morgan fingerprint density at radius 1 is 0.395 bits per heavy atom. The van der Waals surface area contributed by atoms with Crippen LogP contribution >= 0.6 is 0 Å². The first-order chi connectivity index (χ1) is 41.7. The zero-order chi connectivity index (χ0) is 63.3. The largest absolute Gasteiger partial charge is 0.481 e. The van der Waals surface area contributed by atoms with Gasteiger partial charge in [0.2, 0.25) is 5.91 Å². The quantitative estimate of drug-likeness (QED) is 0.104. The molecule has 11 atom stereocenters. The fourth-order valence-corrected chi connectivity index (χ4v) is 10.5. The van der Waals surface area contributed by atoms with E-state index in [0.29, 0.717) is 63.0 Å². The van der Waals surface area contributed by atoms with Crippen LogP contribution in [0, 0.1) is 17.8 Å². The van der Waals surface area contributed by atoms with Crippen molar-refractivity contribution in [3.63, 3.8) is 0 Å². The summed E-state index contributed by atoms with van der Waals surface area (Å²) in [5.41, 5.74) is 5.00. The number of carboxylic acids is 2. The SMILES string of the molecule is C1CCNC1.CC(=O)[C@@H]1CCCN1.COC[C@@H]1CCCN1.COC[C@H]1CCCN1.NC(=O)[C@H]1CCCN1.O=C(O)[C@@H]1CCNC1.O=C(O)[C@H]1CCNC1.OCC1CCNC1.OC[C@@H]1CCCN1.OC[C@H]1CCCN1.O[C@@H]1CCNC1.O[C@H]1CCNC1. The number of nitrogens with one attached hydrogen (secondary N) is 12. The number of aliphatic carboxylic acids is 2. The van der Waals surface area contributed by atoms with Crippen molar-refractivity contribution in [3.05, 3.63) is 0 Å². The summed E-state index contributed by atoms with van der Waals surface area (Å²) >= 11 is 0. The number of methoxy groups -OCH3 is 2. The van der Waals surface area contributed by atoms with Crippen LogP contribution in [-0.4, -0.2) is 273 Å². The van der Waals surface area contributed by atoms with Crippen LogP contribution < -0.4 is 69.5 Å². The second-order valence-electron chi connectivity index (χ2n) is 23.6. The topological polar surface area (TPSA) is 399 Å². The fraction of sp³-hybridized carbons (Fsp3) is 0.933. The van der Waals surface area contributed by atoms with Gasteiger partial charge in [0, 0.05) is 77.7 Å². The van der Waals surface area contributed by atoms with E-state index < -0.39 is 11.9 Å². The number of carboxylic acid groups (broad SMARTS) is 2. The first-order valence-corrected chi connectivity index (χ1v) is 32.7. The minimum atomic E-state index is -0.671. The molecule has 86 heavy (non-hydrogen) atoms. The number of aliphatic hydroxyl groups excluding tert-OH is 5. The number of carbonyl (C=O) groups is 4. The van der Waals surface area contributed by atoms with Crippen molar-refractivity contribution >= 4 is 23.6 Å². The Morgan fingerprint density at radius 2 is 0.756 bits per heavy atom. The summed E-state index contributed by atoms with van der Waals surface area (Å²) in [6.07, 6.45) is 21.4. The predicted octanol–water partition coefficient (Wildman–Crippen LogP) is -2.22. The van der Waals surface area contributed by atoms with Crippen molar-refractivity contribution in [3.8, 4) is 0 Å². The maximum atomic E-state index is 10.6. The molecule has 26 heteroatoms. The van der Waals surface area contributed by atoms with E-state index in [1.807, 2.05) is 0 Å². The van der Waals surface area contributed by atoms with Gasteiger partial charge in [-0.05, 0) is 220 Å². The predicted molar refractivity (Wildman–Crippen MR) is 338 cm³/mol. The summed E-state index contributed by atoms with van der Waals surface area (Å²) in [4.78, 5) is 41.3. The lowest BCUT2D eigenvalue weighted by molar-refractivity contribution is -0.141. The number of amides is 1. The van der Waals surface area contributed by atoms with Crippen molar-refractivity contribution < 1.29 is 64.4 Å². The molecule has 0 aromatic rings. The van der Waals surface area contributed by atoms with Crippen LogP contribution in [0.3, 0.4) is 0 Å². The van der Waals surface area contributed by atoms with Crippen LogP contribution in [0.25, 0.3) is 0 Å². The Hall–Kier alpha value is -2.68. The summed E-state index contributed by atoms with van der Waals surface area (Å²) in [6, 6.07) is 2.21. The maximum Gasteiger partial charge on any atom is 0.307 e. The monoisotopic (exact) mass is 1240 g/mol. The number of primary amides is 1. The van der Waals surface area contributed by atoms with Crippen LogP contribution in [0.1, 0.15) is 129 Å². The highest BCUT2D eigenvalue weighted by Gasteiger charge is 2.23. The smallest absolute Gasteiger partial charge is 0.307 e.